The molecule has 0 spiro atoms. The number of amides is 1. The van der Waals surface area contributed by atoms with Crippen LogP contribution < -0.4 is 21.4 Å². The molecule has 9 heteroatoms. The highest BCUT2D eigenvalue weighted by Crippen LogP contribution is 2.22. The Hall–Kier alpha value is -4.50. The quantitative estimate of drug-likeness (QED) is 0.331. The summed E-state index contributed by atoms with van der Waals surface area (Å²) < 4.78 is 1.79. The smallest absolute Gasteiger partial charge is 0.247 e. The second kappa shape index (κ2) is 10.6. The van der Waals surface area contributed by atoms with Crippen LogP contribution in [0.1, 0.15) is 12.8 Å². The van der Waals surface area contributed by atoms with Gasteiger partial charge in [-0.1, -0.05) is 12.6 Å². The molecule has 1 amide bonds. The van der Waals surface area contributed by atoms with E-state index >= 15 is 0 Å². The number of benzene rings is 2. The molecule has 1 fully saturated rings. The van der Waals surface area contributed by atoms with E-state index in [0.29, 0.717) is 28.7 Å². The fourth-order valence-electron chi connectivity index (χ4n) is 4.40. The summed E-state index contributed by atoms with van der Waals surface area (Å²) in [6, 6.07) is 17.3. The van der Waals surface area contributed by atoms with Crippen LogP contribution in [-0.2, 0) is 4.79 Å². The number of likely N-dealkylation sites (tertiary alicyclic amines) is 1. The Morgan fingerprint density at radius 1 is 1.05 bits per heavy atom. The Kier molecular flexibility index (Phi) is 6.96. The van der Waals surface area contributed by atoms with Crippen LogP contribution in [0.15, 0.2) is 84.4 Å². The Morgan fingerprint density at radius 3 is 2.57 bits per heavy atom. The van der Waals surface area contributed by atoms with Gasteiger partial charge in [0.25, 0.3) is 0 Å². The van der Waals surface area contributed by atoms with Crippen LogP contribution in [0.3, 0.4) is 0 Å². The van der Waals surface area contributed by atoms with Crippen LogP contribution in [0, 0.1) is 0 Å². The molecule has 0 bridgehead atoms. The first kappa shape index (κ1) is 24.2. The zero-order valence-electron chi connectivity index (χ0n) is 20.6. The zero-order chi connectivity index (χ0) is 25.8. The van der Waals surface area contributed by atoms with E-state index in [2.05, 4.69) is 44.4 Å². The van der Waals surface area contributed by atoms with Gasteiger partial charge in [-0.15, -0.1) is 0 Å². The van der Waals surface area contributed by atoms with Crippen LogP contribution in [0.4, 0.5) is 23.0 Å². The van der Waals surface area contributed by atoms with Crippen molar-refractivity contribution in [2.24, 2.45) is 0 Å². The van der Waals surface area contributed by atoms with Crippen molar-refractivity contribution in [3.63, 3.8) is 0 Å². The van der Waals surface area contributed by atoms with Crippen LogP contribution in [-0.4, -0.2) is 51.5 Å². The summed E-state index contributed by atoms with van der Waals surface area (Å²) in [5, 5.41) is 10.00. The van der Waals surface area contributed by atoms with Gasteiger partial charge < -0.3 is 25.4 Å². The molecular weight excluding hydrogens is 466 g/mol. The molecule has 4 aromatic rings. The summed E-state index contributed by atoms with van der Waals surface area (Å²) in [5.74, 6) is 0.0716. The molecule has 188 valence electrons. The highest BCUT2D eigenvalue weighted by atomic mass is 16.1. The highest BCUT2D eigenvalue weighted by Gasteiger charge is 2.16. The first-order chi connectivity index (χ1) is 18.0. The average molecular weight is 496 g/mol. The molecule has 0 saturated carbocycles. The number of hydrogen-bond donors (Lipinski definition) is 3. The summed E-state index contributed by atoms with van der Waals surface area (Å²) >= 11 is 0. The summed E-state index contributed by atoms with van der Waals surface area (Å²) in [7, 11) is 2.16. The van der Waals surface area contributed by atoms with Crippen LogP contribution >= 0.6 is 0 Å². The number of piperidine rings is 1. The third-order valence-electron chi connectivity index (χ3n) is 6.44. The van der Waals surface area contributed by atoms with E-state index in [1.165, 1.54) is 18.3 Å². The van der Waals surface area contributed by atoms with Crippen molar-refractivity contribution in [3.05, 3.63) is 89.9 Å². The summed E-state index contributed by atoms with van der Waals surface area (Å²) in [5.41, 5.74) is 3.55. The van der Waals surface area contributed by atoms with E-state index < -0.39 is 0 Å². The normalized spacial score (nSPS) is 14.3. The fraction of sp³-hybridized carbons (Fsp3) is 0.214. The molecule has 0 aliphatic carbocycles. The van der Waals surface area contributed by atoms with Gasteiger partial charge in [-0.25, -0.2) is 4.98 Å². The highest BCUT2D eigenvalue weighted by molar-refractivity contribution is 5.99. The molecule has 9 nitrogen and oxygen atoms in total. The lowest BCUT2D eigenvalue weighted by atomic mass is 10.1. The maximum atomic E-state index is 12.5. The molecule has 0 unspecified atom stereocenters. The molecule has 1 aliphatic heterocycles. The monoisotopic (exact) mass is 495 g/mol. The largest absolute Gasteiger partial charge is 0.382 e. The van der Waals surface area contributed by atoms with Gasteiger partial charge in [-0.3, -0.25) is 9.59 Å². The minimum absolute atomic E-state index is 0.168. The number of aromatic nitrogens is 3. The SMILES string of the molecule is C=CC(=O)Nc1cccc(-n2ccc(=O)c3cnc(Nc4ccc(NC5CCN(C)CC5)cc4)nc32)c1. The third-order valence-corrected chi connectivity index (χ3v) is 6.44. The van der Waals surface area contributed by atoms with Gasteiger partial charge in [0.15, 0.2) is 11.1 Å². The van der Waals surface area contributed by atoms with Crippen molar-refractivity contribution >= 4 is 40.0 Å². The van der Waals surface area contributed by atoms with Gasteiger partial charge in [0.2, 0.25) is 11.9 Å². The molecule has 3 heterocycles. The second-order valence-corrected chi connectivity index (χ2v) is 9.15. The van der Waals surface area contributed by atoms with Crippen molar-refractivity contribution in [2.45, 2.75) is 18.9 Å². The molecule has 5 rings (SSSR count). The molecule has 0 atom stereocenters. The summed E-state index contributed by atoms with van der Waals surface area (Å²) in [6.07, 6.45) is 6.67. The lowest BCUT2D eigenvalue weighted by Gasteiger charge is -2.30. The van der Waals surface area contributed by atoms with Gasteiger partial charge in [-0.2, -0.15) is 4.98 Å². The van der Waals surface area contributed by atoms with Gasteiger partial charge >= 0.3 is 0 Å². The van der Waals surface area contributed by atoms with E-state index in [4.69, 9.17) is 0 Å². The Labute approximate surface area is 214 Å². The Balaban J connectivity index is 1.38. The van der Waals surface area contributed by atoms with E-state index in [1.54, 1.807) is 22.9 Å². The molecular formula is C28H29N7O2. The maximum absolute atomic E-state index is 12.5. The first-order valence-electron chi connectivity index (χ1n) is 12.2. The lowest BCUT2D eigenvalue weighted by Crippen LogP contribution is -2.36. The molecule has 0 radical (unpaired) electrons. The van der Waals surface area contributed by atoms with Crippen LogP contribution in [0.5, 0.6) is 0 Å². The fourth-order valence-corrected chi connectivity index (χ4v) is 4.40. The molecule has 2 aromatic carbocycles. The number of pyridine rings is 1. The molecule has 2 aromatic heterocycles. The number of carbonyl (C=O) groups excluding carboxylic acids is 1. The van der Waals surface area contributed by atoms with Crippen molar-refractivity contribution in [3.8, 4) is 5.69 Å². The van der Waals surface area contributed by atoms with E-state index in [0.717, 1.165) is 43.0 Å². The maximum Gasteiger partial charge on any atom is 0.247 e. The lowest BCUT2D eigenvalue weighted by molar-refractivity contribution is -0.111. The van der Waals surface area contributed by atoms with Gasteiger partial charge in [0.1, 0.15) is 0 Å². The van der Waals surface area contributed by atoms with Crippen molar-refractivity contribution in [1.29, 1.82) is 0 Å². The average Bonchev–Trinajstić information content (AvgIpc) is 2.91. The van der Waals surface area contributed by atoms with Crippen molar-refractivity contribution in [2.75, 3.05) is 36.1 Å². The Morgan fingerprint density at radius 2 is 1.81 bits per heavy atom. The van der Waals surface area contributed by atoms with Gasteiger partial charge in [-0.05, 0) is 81.5 Å². The standard InChI is InChI=1S/C28H29N7O2/c1-3-26(37)31-22-5-4-6-23(17-22)35-16-13-25(36)24-18-29-28(33-27(24)35)32-20-9-7-19(8-10-20)30-21-11-14-34(2)15-12-21/h3-10,13,16-18,21,30H,1,11-12,14-15H2,2H3,(H,31,37)(H,29,32,33). The number of carbonyl (C=O) groups is 1. The number of nitrogens with zero attached hydrogens (tertiary/aromatic N) is 4. The Bertz CT molecular complexity index is 1490. The van der Waals surface area contributed by atoms with Crippen molar-refractivity contribution < 1.29 is 4.79 Å². The second-order valence-electron chi connectivity index (χ2n) is 9.15. The molecule has 37 heavy (non-hydrogen) atoms. The predicted octanol–water partition coefficient (Wildman–Crippen LogP) is 4.15. The number of hydrogen-bond acceptors (Lipinski definition) is 7. The van der Waals surface area contributed by atoms with E-state index in [9.17, 15) is 9.59 Å². The number of anilines is 4. The van der Waals surface area contributed by atoms with E-state index in [-0.39, 0.29) is 11.3 Å². The van der Waals surface area contributed by atoms with E-state index in [1.807, 2.05) is 36.4 Å². The molecule has 1 aliphatic rings. The number of rotatable bonds is 7. The van der Waals surface area contributed by atoms with Crippen LogP contribution in [0.25, 0.3) is 16.7 Å². The third kappa shape index (κ3) is 5.68. The minimum Gasteiger partial charge on any atom is -0.382 e. The zero-order valence-corrected chi connectivity index (χ0v) is 20.6. The first-order valence-corrected chi connectivity index (χ1v) is 12.2. The van der Waals surface area contributed by atoms with Crippen molar-refractivity contribution in [1.82, 2.24) is 19.4 Å². The summed E-state index contributed by atoms with van der Waals surface area (Å²) in [4.78, 5) is 35.6. The number of nitrogens with one attached hydrogen (secondary N) is 3. The summed E-state index contributed by atoms with van der Waals surface area (Å²) in [6.45, 7) is 5.70. The molecule has 1 saturated heterocycles. The van der Waals surface area contributed by atoms with Crippen LogP contribution in [0.2, 0.25) is 0 Å². The minimum atomic E-state index is -0.303. The van der Waals surface area contributed by atoms with Gasteiger partial charge in [0, 0.05) is 47.3 Å². The predicted molar refractivity (Wildman–Crippen MR) is 148 cm³/mol. The number of fused-ring (bicyclic) bond motifs is 1. The molecule has 3 N–H and O–H groups in total. The topological polar surface area (TPSA) is 104 Å². The van der Waals surface area contributed by atoms with Gasteiger partial charge in [0.05, 0.1) is 5.39 Å².